The van der Waals surface area contributed by atoms with Crippen molar-refractivity contribution in [2.45, 2.75) is 26.3 Å². The highest BCUT2D eigenvalue weighted by molar-refractivity contribution is 5.84. The maximum absolute atomic E-state index is 12.5. The molecule has 0 unspecified atom stereocenters. The Morgan fingerprint density at radius 2 is 1.56 bits per heavy atom. The summed E-state index contributed by atoms with van der Waals surface area (Å²) in [6, 6.07) is 20.1. The zero-order chi connectivity index (χ0) is 17.9. The molecule has 0 fully saturated rings. The summed E-state index contributed by atoms with van der Waals surface area (Å²) in [5.41, 5.74) is 3.06. The molecule has 2 aromatic carbocycles. The number of carbonyl (C=O) groups is 1. The van der Waals surface area contributed by atoms with E-state index in [0.717, 1.165) is 22.4 Å². The standard InChI is InChI=1S/C21H22N2O2/c1-4-25-20(24)21(2,3)23-19(17-13-9-6-10-14-17)18(15-22-23)16-11-7-5-8-12-16/h5-15H,4H2,1-3H3. The Hall–Kier alpha value is -2.88. The fourth-order valence-corrected chi connectivity index (χ4v) is 2.87. The Labute approximate surface area is 148 Å². The van der Waals surface area contributed by atoms with Crippen LogP contribution in [-0.4, -0.2) is 22.4 Å². The molecule has 128 valence electrons. The van der Waals surface area contributed by atoms with Gasteiger partial charge in [0.1, 0.15) is 0 Å². The van der Waals surface area contributed by atoms with Crippen LogP contribution in [-0.2, 0) is 15.1 Å². The molecule has 0 N–H and O–H groups in total. The van der Waals surface area contributed by atoms with Crippen molar-refractivity contribution in [3.63, 3.8) is 0 Å². The molecule has 4 nitrogen and oxygen atoms in total. The molecule has 0 saturated carbocycles. The normalized spacial score (nSPS) is 11.3. The van der Waals surface area contributed by atoms with Gasteiger partial charge in [0.2, 0.25) is 0 Å². The number of rotatable bonds is 5. The minimum Gasteiger partial charge on any atom is -0.464 e. The minimum absolute atomic E-state index is 0.296. The molecular formula is C21H22N2O2. The smallest absolute Gasteiger partial charge is 0.333 e. The lowest BCUT2D eigenvalue weighted by atomic mass is 9.99. The number of hydrogen-bond donors (Lipinski definition) is 0. The van der Waals surface area contributed by atoms with Crippen molar-refractivity contribution >= 4 is 5.97 Å². The van der Waals surface area contributed by atoms with Gasteiger partial charge in [0.25, 0.3) is 0 Å². The zero-order valence-electron chi connectivity index (χ0n) is 14.8. The number of carbonyl (C=O) groups excluding carboxylic acids is 1. The Bertz CT molecular complexity index is 852. The summed E-state index contributed by atoms with van der Waals surface area (Å²) in [5.74, 6) is -0.296. The van der Waals surface area contributed by atoms with Gasteiger partial charge in [-0.2, -0.15) is 5.10 Å². The largest absolute Gasteiger partial charge is 0.464 e. The van der Waals surface area contributed by atoms with E-state index in [2.05, 4.69) is 5.10 Å². The van der Waals surface area contributed by atoms with Gasteiger partial charge < -0.3 is 4.74 Å². The fourth-order valence-electron chi connectivity index (χ4n) is 2.87. The summed E-state index contributed by atoms with van der Waals surface area (Å²) >= 11 is 0. The van der Waals surface area contributed by atoms with Crippen LogP contribution in [0.2, 0.25) is 0 Å². The van der Waals surface area contributed by atoms with Crippen LogP contribution in [0.5, 0.6) is 0 Å². The molecule has 0 saturated heterocycles. The highest BCUT2D eigenvalue weighted by Crippen LogP contribution is 2.35. The van der Waals surface area contributed by atoms with Crippen LogP contribution in [0.1, 0.15) is 20.8 Å². The van der Waals surface area contributed by atoms with Crippen molar-refractivity contribution in [2.24, 2.45) is 0 Å². The van der Waals surface area contributed by atoms with Crippen LogP contribution in [0.25, 0.3) is 22.4 Å². The van der Waals surface area contributed by atoms with Crippen LogP contribution in [0.3, 0.4) is 0 Å². The Morgan fingerprint density at radius 1 is 1.00 bits per heavy atom. The zero-order valence-corrected chi connectivity index (χ0v) is 14.8. The Balaban J connectivity index is 2.21. The molecule has 1 aromatic heterocycles. The van der Waals surface area contributed by atoms with Crippen molar-refractivity contribution in [3.8, 4) is 22.4 Å². The molecule has 0 amide bonds. The second-order valence-corrected chi connectivity index (χ2v) is 6.33. The predicted octanol–water partition coefficient (Wildman–Crippen LogP) is 4.52. The fraction of sp³-hybridized carbons (Fsp3) is 0.238. The lowest BCUT2D eigenvalue weighted by Gasteiger charge is -2.25. The molecular weight excluding hydrogens is 312 g/mol. The van der Waals surface area contributed by atoms with E-state index in [9.17, 15) is 4.79 Å². The Kier molecular flexibility index (Phi) is 4.70. The molecule has 0 atom stereocenters. The molecule has 3 rings (SSSR count). The lowest BCUT2D eigenvalue weighted by Crippen LogP contribution is -2.38. The average Bonchev–Trinajstić information content (AvgIpc) is 3.09. The molecule has 4 heteroatoms. The minimum atomic E-state index is -0.909. The molecule has 0 radical (unpaired) electrons. The molecule has 0 aliphatic carbocycles. The first-order chi connectivity index (χ1) is 12.1. The van der Waals surface area contributed by atoms with Crippen LogP contribution in [0.15, 0.2) is 66.9 Å². The third kappa shape index (κ3) is 3.20. The third-order valence-electron chi connectivity index (χ3n) is 4.21. The maximum Gasteiger partial charge on any atom is 0.333 e. The quantitative estimate of drug-likeness (QED) is 0.645. The van der Waals surface area contributed by atoms with Crippen molar-refractivity contribution in [2.75, 3.05) is 6.61 Å². The van der Waals surface area contributed by atoms with Gasteiger partial charge in [-0.05, 0) is 26.3 Å². The van der Waals surface area contributed by atoms with Gasteiger partial charge in [-0.1, -0.05) is 60.7 Å². The summed E-state index contributed by atoms with van der Waals surface area (Å²) < 4.78 is 7.03. The van der Waals surface area contributed by atoms with Crippen LogP contribution < -0.4 is 0 Å². The van der Waals surface area contributed by atoms with Crippen molar-refractivity contribution in [1.29, 1.82) is 0 Å². The second kappa shape index (κ2) is 6.93. The van der Waals surface area contributed by atoms with Gasteiger partial charge in [-0.25, -0.2) is 9.48 Å². The molecule has 0 aliphatic heterocycles. The third-order valence-corrected chi connectivity index (χ3v) is 4.21. The van der Waals surface area contributed by atoms with Crippen LogP contribution >= 0.6 is 0 Å². The SMILES string of the molecule is CCOC(=O)C(C)(C)n1ncc(-c2ccccc2)c1-c1ccccc1. The average molecular weight is 334 g/mol. The first-order valence-electron chi connectivity index (χ1n) is 8.42. The molecule has 0 aliphatic rings. The van der Waals surface area contributed by atoms with Gasteiger partial charge in [-0.3, -0.25) is 0 Å². The number of ether oxygens (including phenoxy) is 1. The van der Waals surface area contributed by atoms with E-state index < -0.39 is 5.54 Å². The van der Waals surface area contributed by atoms with Gasteiger partial charge in [0.05, 0.1) is 18.5 Å². The summed E-state index contributed by atoms with van der Waals surface area (Å²) in [6.07, 6.45) is 1.82. The summed E-state index contributed by atoms with van der Waals surface area (Å²) in [5, 5.41) is 4.56. The summed E-state index contributed by atoms with van der Waals surface area (Å²) in [4.78, 5) is 12.5. The number of aromatic nitrogens is 2. The van der Waals surface area contributed by atoms with Gasteiger partial charge >= 0.3 is 5.97 Å². The second-order valence-electron chi connectivity index (χ2n) is 6.33. The van der Waals surface area contributed by atoms with E-state index in [-0.39, 0.29) is 5.97 Å². The first kappa shape index (κ1) is 17.0. The molecule has 0 bridgehead atoms. The van der Waals surface area contributed by atoms with Gasteiger partial charge in [0, 0.05) is 11.1 Å². The molecule has 1 heterocycles. The number of esters is 1. The highest BCUT2D eigenvalue weighted by atomic mass is 16.5. The van der Waals surface area contributed by atoms with E-state index in [1.165, 1.54) is 0 Å². The number of hydrogen-bond acceptors (Lipinski definition) is 3. The topological polar surface area (TPSA) is 44.1 Å². The van der Waals surface area contributed by atoms with Crippen molar-refractivity contribution in [1.82, 2.24) is 9.78 Å². The van der Waals surface area contributed by atoms with Crippen LogP contribution in [0, 0.1) is 0 Å². The predicted molar refractivity (Wildman–Crippen MR) is 99.1 cm³/mol. The highest BCUT2D eigenvalue weighted by Gasteiger charge is 2.35. The van der Waals surface area contributed by atoms with E-state index in [0.29, 0.717) is 6.61 Å². The van der Waals surface area contributed by atoms with Gasteiger partial charge in [0.15, 0.2) is 5.54 Å². The van der Waals surface area contributed by atoms with Crippen LogP contribution in [0.4, 0.5) is 0 Å². The molecule has 0 spiro atoms. The molecule has 3 aromatic rings. The monoisotopic (exact) mass is 334 g/mol. The van der Waals surface area contributed by atoms with Crippen molar-refractivity contribution in [3.05, 3.63) is 66.9 Å². The maximum atomic E-state index is 12.5. The van der Waals surface area contributed by atoms with E-state index in [1.54, 1.807) is 4.68 Å². The van der Waals surface area contributed by atoms with E-state index in [1.807, 2.05) is 87.6 Å². The summed E-state index contributed by atoms with van der Waals surface area (Å²) in [6.45, 7) is 5.82. The lowest BCUT2D eigenvalue weighted by molar-refractivity contribution is -0.152. The number of benzene rings is 2. The van der Waals surface area contributed by atoms with Crippen molar-refractivity contribution < 1.29 is 9.53 Å². The van der Waals surface area contributed by atoms with E-state index >= 15 is 0 Å². The Morgan fingerprint density at radius 3 is 2.12 bits per heavy atom. The summed E-state index contributed by atoms with van der Waals surface area (Å²) in [7, 11) is 0. The molecule has 25 heavy (non-hydrogen) atoms. The van der Waals surface area contributed by atoms with Gasteiger partial charge in [-0.15, -0.1) is 0 Å². The van der Waals surface area contributed by atoms with E-state index in [4.69, 9.17) is 4.74 Å². The first-order valence-corrected chi connectivity index (χ1v) is 8.42. The number of nitrogens with zero attached hydrogens (tertiary/aromatic N) is 2.